The number of hydrogen-bond acceptors (Lipinski definition) is 4. The Morgan fingerprint density at radius 1 is 1.14 bits per heavy atom. The van der Waals surface area contributed by atoms with Crippen molar-refractivity contribution in [2.75, 3.05) is 0 Å². The van der Waals surface area contributed by atoms with Gasteiger partial charge in [-0.05, 0) is 30.3 Å². The van der Waals surface area contributed by atoms with Gasteiger partial charge in [-0.2, -0.15) is 0 Å². The SMILES string of the molecule is NC(=O)c1cccc2[nH]c(-c3ccc4[nH]nnc4c3)nc12. The quantitative estimate of drug-likeness (QED) is 0.516. The third-order valence-corrected chi connectivity index (χ3v) is 3.38. The van der Waals surface area contributed by atoms with Gasteiger partial charge in [0.1, 0.15) is 16.9 Å². The minimum atomic E-state index is -0.495. The number of carbonyl (C=O) groups is 1. The monoisotopic (exact) mass is 278 g/mol. The van der Waals surface area contributed by atoms with Gasteiger partial charge in [-0.15, -0.1) is 5.10 Å². The van der Waals surface area contributed by atoms with E-state index < -0.39 is 5.91 Å². The number of aromatic amines is 2. The fraction of sp³-hybridized carbons (Fsp3) is 0. The van der Waals surface area contributed by atoms with E-state index in [0.29, 0.717) is 16.9 Å². The molecule has 4 N–H and O–H groups in total. The minimum absolute atomic E-state index is 0.400. The molecule has 2 heterocycles. The number of fused-ring (bicyclic) bond motifs is 2. The molecule has 0 unspecified atom stereocenters. The Labute approximate surface area is 118 Å². The maximum Gasteiger partial charge on any atom is 0.250 e. The molecule has 0 bridgehead atoms. The first kappa shape index (κ1) is 11.6. The van der Waals surface area contributed by atoms with Crippen LogP contribution in [0.5, 0.6) is 0 Å². The van der Waals surface area contributed by atoms with Crippen molar-refractivity contribution in [1.82, 2.24) is 25.4 Å². The van der Waals surface area contributed by atoms with Gasteiger partial charge < -0.3 is 10.7 Å². The van der Waals surface area contributed by atoms with Crippen molar-refractivity contribution in [3.05, 3.63) is 42.0 Å². The largest absolute Gasteiger partial charge is 0.366 e. The number of hydrogen-bond donors (Lipinski definition) is 3. The van der Waals surface area contributed by atoms with Gasteiger partial charge in [-0.25, -0.2) is 4.98 Å². The zero-order valence-electron chi connectivity index (χ0n) is 10.8. The van der Waals surface area contributed by atoms with Crippen LogP contribution in [0.3, 0.4) is 0 Å². The smallest absolute Gasteiger partial charge is 0.250 e. The normalized spacial score (nSPS) is 11.2. The molecule has 0 spiro atoms. The predicted octanol–water partition coefficient (Wildman–Crippen LogP) is 1.60. The highest BCUT2D eigenvalue weighted by molar-refractivity contribution is 6.04. The predicted molar refractivity (Wildman–Crippen MR) is 77.5 cm³/mol. The lowest BCUT2D eigenvalue weighted by Gasteiger charge is -1.95. The van der Waals surface area contributed by atoms with Crippen molar-refractivity contribution in [3.63, 3.8) is 0 Å². The van der Waals surface area contributed by atoms with Crippen LogP contribution >= 0.6 is 0 Å². The van der Waals surface area contributed by atoms with Gasteiger partial charge in [0, 0.05) is 5.56 Å². The van der Waals surface area contributed by atoms with E-state index in [9.17, 15) is 4.79 Å². The molecule has 0 fully saturated rings. The van der Waals surface area contributed by atoms with Gasteiger partial charge in [-0.1, -0.05) is 11.3 Å². The van der Waals surface area contributed by atoms with E-state index in [4.69, 9.17) is 5.73 Å². The van der Waals surface area contributed by atoms with Gasteiger partial charge >= 0.3 is 0 Å². The topological polar surface area (TPSA) is 113 Å². The average Bonchev–Trinajstić information content (AvgIpc) is 3.11. The summed E-state index contributed by atoms with van der Waals surface area (Å²) in [5.74, 6) is 0.161. The number of H-pyrrole nitrogens is 2. The van der Waals surface area contributed by atoms with Crippen LogP contribution in [-0.4, -0.2) is 31.3 Å². The highest BCUT2D eigenvalue weighted by atomic mass is 16.1. The number of carbonyl (C=O) groups excluding carboxylic acids is 1. The molecular weight excluding hydrogens is 268 g/mol. The Morgan fingerprint density at radius 3 is 2.90 bits per heavy atom. The van der Waals surface area contributed by atoms with E-state index in [-0.39, 0.29) is 0 Å². The van der Waals surface area contributed by atoms with Crippen molar-refractivity contribution in [2.45, 2.75) is 0 Å². The van der Waals surface area contributed by atoms with Crippen LogP contribution in [-0.2, 0) is 0 Å². The van der Waals surface area contributed by atoms with Crippen LogP contribution in [0.1, 0.15) is 10.4 Å². The molecule has 7 heteroatoms. The lowest BCUT2D eigenvalue weighted by atomic mass is 10.2. The minimum Gasteiger partial charge on any atom is -0.366 e. The van der Waals surface area contributed by atoms with E-state index in [1.54, 1.807) is 12.1 Å². The number of nitrogens with one attached hydrogen (secondary N) is 2. The van der Waals surface area contributed by atoms with Gasteiger partial charge in [0.05, 0.1) is 16.6 Å². The summed E-state index contributed by atoms with van der Waals surface area (Å²) in [6.45, 7) is 0. The van der Waals surface area contributed by atoms with Crippen LogP contribution in [0.4, 0.5) is 0 Å². The zero-order valence-corrected chi connectivity index (χ0v) is 10.8. The maximum absolute atomic E-state index is 11.4. The lowest BCUT2D eigenvalue weighted by molar-refractivity contribution is 0.100. The van der Waals surface area contributed by atoms with Crippen molar-refractivity contribution < 1.29 is 4.79 Å². The van der Waals surface area contributed by atoms with Crippen molar-refractivity contribution >= 4 is 28.0 Å². The second-order valence-corrected chi connectivity index (χ2v) is 4.70. The molecule has 0 aliphatic heterocycles. The fourth-order valence-electron chi connectivity index (χ4n) is 2.36. The second kappa shape index (κ2) is 4.14. The first-order valence-electron chi connectivity index (χ1n) is 6.32. The number of aromatic nitrogens is 5. The second-order valence-electron chi connectivity index (χ2n) is 4.70. The molecule has 0 aliphatic carbocycles. The van der Waals surface area contributed by atoms with E-state index in [0.717, 1.165) is 22.1 Å². The number of amides is 1. The van der Waals surface area contributed by atoms with E-state index in [1.807, 2.05) is 24.3 Å². The first-order chi connectivity index (χ1) is 10.2. The Kier molecular flexibility index (Phi) is 2.28. The van der Waals surface area contributed by atoms with Gasteiger partial charge in [0.15, 0.2) is 0 Å². The third-order valence-electron chi connectivity index (χ3n) is 3.38. The number of para-hydroxylation sites is 1. The van der Waals surface area contributed by atoms with Crippen LogP contribution < -0.4 is 5.73 Å². The van der Waals surface area contributed by atoms with Crippen LogP contribution in [0.2, 0.25) is 0 Å². The Hall–Kier alpha value is -3.22. The number of benzene rings is 2. The molecule has 0 radical (unpaired) electrons. The van der Waals surface area contributed by atoms with Crippen LogP contribution in [0.15, 0.2) is 36.4 Å². The molecule has 102 valence electrons. The zero-order chi connectivity index (χ0) is 14.4. The molecule has 2 aromatic carbocycles. The molecule has 7 nitrogen and oxygen atoms in total. The summed E-state index contributed by atoms with van der Waals surface area (Å²) in [4.78, 5) is 19.1. The summed E-state index contributed by atoms with van der Waals surface area (Å²) in [5.41, 5.74) is 9.58. The molecule has 4 rings (SSSR count). The van der Waals surface area contributed by atoms with Crippen molar-refractivity contribution in [2.24, 2.45) is 5.73 Å². The molecular formula is C14H10N6O. The number of nitrogens with zero attached hydrogens (tertiary/aromatic N) is 3. The number of rotatable bonds is 2. The molecule has 21 heavy (non-hydrogen) atoms. The number of primary amides is 1. The Bertz CT molecular complexity index is 983. The van der Waals surface area contributed by atoms with E-state index >= 15 is 0 Å². The van der Waals surface area contributed by atoms with Gasteiger partial charge in [0.25, 0.3) is 5.91 Å². The molecule has 4 aromatic rings. The summed E-state index contributed by atoms with van der Waals surface area (Å²) in [6, 6.07) is 10.9. The van der Waals surface area contributed by atoms with Gasteiger partial charge in [0.2, 0.25) is 0 Å². The summed E-state index contributed by atoms with van der Waals surface area (Å²) < 4.78 is 0. The first-order valence-corrected chi connectivity index (χ1v) is 6.32. The number of imidazole rings is 1. The molecule has 0 saturated heterocycles. The molecule has 0 atom stereocenters. The summed E-state index contributed by atoms with van der Waals surface area (Å²) in [7, 11) is 0. The molecule has 0 saturated carbocycles. The highest BCUT2D eigenvalue weighted by Crippen LogP contribution is 2.24. The Balaban J connectivity index is 1.93. The maximum atomic E-state index is 11.4. The van der Waals surface area contributed by atoms with Crippen LogP contribution in [0, 0.1) is 0 Å². The average molecular weight is 278 g/mol. The van der Waals surface area contributed by atoms with Crippen molar-refractivity contribution in [1.29, 1.82) is 0 Å². The summed E-state index contributed by atoms with van der Waals surface area (Å²) in [5, 5.41) is 10.5. The van der Waals surface area contributed by atoms with Crippen LogP contribution in [0.25, 0.3) is 33.5 Å². The van der Waals surface area contributed by atoms with Gasteiger partial charge in [-0.3, -0.25) is 9.89 Å². The standard InChI is InChI=1S/C14H10N6O/c15-13(21)8-2-1-3-10-12(8)17-14(16-10)7-4-5-9-11(6-7)19-20-18-9/h1-6H,(H2,15,21)(H,16,17)(H,18,19,20). The third kappa shape index (κ3) is 1.75. The van der Waals surface area contributed by atoms with E-state index in [1.165, 1.54) is 0 Å². The summed E-state index contributed by atoms with van der Waals surface area (Å²) >= 11 is 0. The lowest BCUT2D eigenvalue weighted by Crippen LogP contribution is -2.11. The van der Waals surface area contributed by atoms with Crippen molar-refractivity contribution in [3.8, 4) is 11.4 Å². The number of nitrogens with two attached hydrogens (primary N) is 1. The highest BCUT2D eigenvalue weighted by Gasteiger charge is 2.12. The van der Waals surface area contributed by atoms with E-state index in [2.05, 4.69) is 25.4 Å². The molecule has 2 aromatic heterocycles. The molecule has 0 aliphatic rings. The Morgan fingerprint density at radius 2 is 2.05 bits per heavy atom. The fourth-order valence-corrected chi connectivity index (χ4v) is 2.36. The summed E-state index contributed by atoms with van der Waals surface area (Å²) in [6.07, 6.45) is 0. The molecule has 1 amide bonds.